The molecule has 0 radical (unpaired) electrons. The van der Waals surface area contributed by atoms with Crippen molar-refractivity contribution in [2.24, 2.45) is 11.8 Å². The molecule has 1 aromatic heterocycles. The zero-order valence-corrected chi connectivity index (χ0v) is 19.2. The van der Waals surface area contributed by atoms with E-state index in [4.69, 9.17) is 0 Å². The van der Waals surface area contributed by atoms with Gasteiger partial charge >= 0.3 is 0 Å². The first-order valence-electron chi connectivity index (χ1n) is 11.7. The number of rotatable bonds is 7. The van der Waals surface area contributed by atoms with E-state index in [-0.39, 0.29) is 29.7 Å². The Labute approximate surface area is 190 Å². The Hall–Kier alpha value is -2.92. The summed E-state index contributed by atoms with van der Waals surface area (Å²) in [5.74, 6) is 0.664. The number of Topliss-reactive ketones (excluding diaryl/α,β-unsaturated/α-hetero) is 1. The molecule has 32 heavy (non-hydrogen) atoms. The predicted octanol–water partition coefficient (Wildman–Crippen LogP) is 4.96. The maximum atomic E-state index is 13.8. The molecule has 2 N–H and O–H groups in total. The number of aromatic amines is 1. The highest BCUT2D eigenvalue weighted by Gasteiger charge is 2.34. The number of benzene rings is 2. The molecule has 2 atom stereocenters. The van der Waals surface area contributed by atoms with E-state index in [9.17, 15) is 9.59 Å². The third-order valence-corrected chi connectivity index (χ3v) is 6.85. The lowest BCUT2D eigenvalue weighted by molar-refractivity contribution is -0.127. The van der Waals surface area contributed by atoms with Gasteiger partial charge in [0, 0.05) is 34.6 Å². The lowest BCUT2D eigenvalue weighted by atomic mass is 9.90. The number of carbonyl (C=O) groups excluding carboxylic acids is 2. The van der Waals surface area contributed by atoms with Gasteiger partial charge in [-0.2, -0.15) is 0 Å². The zero-order chi connectivity index (χ0) is 22.7. The van der Waals surface area contributed by atoms with Crippen LogP contribution in [0.2, 0.25) is 0 Å². The van der Waals surface area contributed by atoms with Crippen LogP contribution in [-0.2, 0) is 4.79 Å². The van der Waals surface area contributed by atoms with Crippen LogP contribution < -0.4 is 5.32 Å². The van der Waals surface area contributed by atoms with Crippen molar-refractivity contribution >= 4 is 22.6 Å². The largest absolute Gasteiger partial charge is 0.360 e. The van der Waals surface area contributed by atoms with Gasteiger partial charge in [-0.3, -0.25) is 14.5 Å². The fourth-order valence-electron chi connectivity index (χ4n) is 4.51. The number of nitrogens with zero attached hydrogens (tertiary/aromatic N) is 1. The number of ketones is 1. The molecule has 2 unspecified atom stereocenters. The first-order valence-corrected chi connectivity index (χ1v) is 11.7. The number of carbonyl (C=O) groups is 2. The Kier molecular flexibility index (Phi) is 6.75. The summed E-state index contributed by atoms with van der Waals surface area (Å²) < 4.78 is 0. The summed E-state index contributed by atoms with van der Waals surface area (Å²) in [6.45, 7) is 7.75. The highest BCUT2D eigenvalue weighted by atomic mass is 16.2. The van der Waals surface area contributed by atoms with Crippen LogP contribution in [0.1, 0.15) is 55.6 Å². The molecule has 2 aromatic carbocycles. The molecule has 0 spiro atoms. The Morgan fingerprint density at radius 1 is 0.969 bits per heavy atom. The topological polar surface area (TPSA) is 65.2 Å². The molecule has 1 aliphatic heterocycles. The number of H-pyrrole nitrogens is 1. The van der Waals surface area contributed by atoms with E-state index in [0.29, 0.717) is 5.92 Å². The number of piperidine rings is 1. The van der Waals surface area contributed by atoms with Crippen LogP contribution in [-0.4, -0.2) is 40.7 Å². The normalized spacial score (nSPS) is 17.4. The molecule has 1 aliphatic rings. The minimum absolute atomic E-state index is 0.00654. The van der Waals surface area contributed by atoms with Gasteiger partial charge in [0.2, 0.25) is 5.91 Å². The maximum Gasteiger partial charge on any atom is 0.223 e. The minimum atomic E-state index is -0.353. The number of hydrogen-bond donors (Lipinski definition) is 2. The van der Waals surface area contributed by atoms with E-state index >= 15 is 0 Å². The van der Waals surface area contributed by atoms with Crippen LogP contribution in [0.25, 0.3) is 10.9 Å². The van der Waals surface area contributed by atoms with Gasteiger partial charge in [-0.25, -0.2) is 0 Å². The number of amides is 1. The molecular formula is C27H33N3O2. The Balaban J connectivity index is 1.54. The van der Waals surface area contributed by atoms with Gasteiger partial charge < -0.3 is 10.3 Å². The minimum Gasteiger partial charge on any atom is -0.360 e. The zero-order valence-electron chi connectivity index (χ0n) is 19.2. The average Bonchev–Trinajstić information content (AvgIpc) is 3.24. The van der Waals surface area contributed by atoms with Gasteiger partial charge in [0.25, 0.3) is 0 Å². The third kappa shape index (κ3) is 4.63. The predicted molar refractivity (Wildman–Crippen MR) is 129 cm³/mol. The van der Waals surface area contributed by atoms with E-state index in [1.807, 2.05) is 60.8 Å². The van der Waals surface area contributed by atoms with Gasteiger partial charge in [0.15, 0.2) is 5.78 Å². The Morgan fingerprint density at radius 3 is 2.31 bits per heavy atom. The van der Waals surface area contributed by atoms with Crippen LogP contribution in [0.3, 0.4) is 0 Å². The van der Waals surface area contributed by atoms with E-state index < -0.39 is 0 Å². The van der Waals surface area contributed by atoms with Crippen molar-refractivity contribution in [1.29, 1.82) is 0 Å². The summed E-state index contributed by atoms with van der Waals surface area (Å²) in [4.78, 5) is 32.0. The second-order valence-corrected chi connectivity index (χ2v) is 9.28. The molecule has 0 aliphatic carbocycles. The molecule has 5 heteroatoms. The summed E-state index contributed by atoms with van der Waals surface area (Å²) in [5.41, 5.74) is 2.69. The fourth-order valence-corrected chi connectivity index (χ4v) is 4.51. The lowest BCUT2D eigenvalue weighted by Crippen LogP contribution is -2.46. The molecule has 0 saturated carbocycles. The lowest BCUT2D eigenvalue weighted by Gasteiger charge is -2.37. The number of nitrogens with one attached hydrogen (secondary N) is 2. The quantitative estimate of drug-likeness (QED) is 0.520. The van der Waals surface area contributed by atoms with Crippen molar-refractivity contribution < 1.29 is 9.59 Å². The second kappa shape index (κ2) is 9.70. The molecule has 1 saturated heterocycles. The first kappa shape index (κ1) is 22.3. The van der Waals surface area contributed by atoms with Crippen molar-refractivity contribution in [3.05, 3.63) is 71.9 Å². The Morgan fingerprint density at radius 2 is 1.62 bits per heavy atom. The highest BCUT2D eigenvalue weighted by Crippen LogP contribution is 2.32. The summed E-state index contributed by atoms with van der Waals surface area (Å²) in [6.07, 6.45) is 3.36. The molecular weight excluding hydrogens is 398 g/mol. The fraction of sp³-hybridized carbons (Fsp3) is 0.407. The van der Waals surface area contributed by atoms with Gasteiger partial charge in [-0.05, 0) is 50.4 Å². The number of fused-ring (bicyclic) bond motifs is 1. The first-order chi connectivity index (χ1) is 15.5. The van der Waals surface area contributed by atoms with Gasteiger partial charge in [-0.15, -0.1) is 0 Å². The van der Waals surface area contributed by atoms with E-state index in [1.165, 1.54) is 0 Å². The van der Waals surface area contributed by atoms with Crippen LogP contribution in [0, 0.1) is 11.8 Å². The average molecular weight is 432 g/mol. The van der Waals surface area contributed by atoms with Gasteiger partial charge in [-0.1, -0.05) is 62.4 Å². The summed E-state index contributed by atoms with van der Waals surface area (Å²) in [5, 5.41) is 4.12. The molecule has 168 valence electrons. The van der Waals surface area contributed by atoms with Crippen molar-refractivity contribution in [2.45, 2.75) is 45.7 Å². The van der Waals surface area contributed by atoms with Gasteiger partial charge in [0.1, 0.15) is 0 Å². The van der Waals surface area contributed by atoms with Crippen molar-refractivity contribution in [2.75, 3.05) is 13.1 Å². The summed E-state index contributed by atoms with van der Waals surface area (Å²) in [6, 6.07) is 17.7. The third-order valence-electron chi connectivity index (χ3n) is 6.85. The molecule has 2 heterocycles. The van der Waals surface area contributed by atoms with Crippen LogP contribution >= 0.6 is 0 Å². The summed E-state index contributed by atoms with van der Waals surface area (Å²) >= 11 is 0. The smallest absolute Gasteiger partial charge is 0.223 e. The maximum absolute atomic E-state index is 13.8. The number of hydrogen-bond acceptors (Lipinski definition) is 3. The van der Waals surface area contributed by atoms with Crippen molar-refractivity contribution in [3.63, 3.8) is 0 Å². The Bertz CT molecular complexity index is 1060. The SMILES string of the molecule is CC(C)C(C)NC(=O)C1CCN(C(C(=O)c2c[nH]c3ccccc23)c2ccccc2)CC1. The number of para-hydroxylation sites is 1. The second-order valence-electron chi connectivity index (χ2n) is 9.28. The van der Waals surface area contributed by atoms with Crippen LogP contribution in [0.15, 0.2) is 60.8 Å². The van der Waals surface area contributed by atoms with Crippen LogP contribution in [0.4, 0.5) is 0 Å². The van der Waals surface area contributed by atoms with Gasteiger partial charge in [0.05, 0.1) is 6.04 Å². The molecule has 3 aromatic rings. The summed E-state index contributed by atoms with van der Waals surface area (Å²) in [7, 11) is 0. The molecule has 0 bridgehead atoms. The monoisotopic (exact) mass is 431 g/mol. The molecule has 1 fully saturated rings. The number of likely N-dealkylation sites (tertiary alicyclic amines) is 1. The van der Waals surface area contributed by atoms with E-state index in [0.717, 1.165) is 48.0 Å². The molecule has 4 rings (SSSR count). The van der Waals surface area contributed by atoms with Crippen molar-refractivity contribution in [3.8, 4) is 0 Å². The van der Waals surface area contributed by atoms with E-state index in [1.54, 1.807) is 0 Å². The van der Waals surface area contributed by atoms with Crippen molar-refractivity contribution in [1.82, 2.24) is 15.2 Å². The molecule has 1 amide bonds. The molecule has 5 nitrogen and oxygen atoms in total. The standard InChI is InChI=1S/C27H33N3O2/c1-18(2)19(3)29-27(32)21-13-15-30(16-14-21)25(20-9-5-4-6-10-20)26(31)23-17-28-24-12-8-7-11-22(23)24/h4-12,17-19,21,25,28H,13-16H2,1-3H3,(H,29,32). The highest BCUT2D eigenvalue weighted by molar-refractivity contribution is 6.10. The van der Waals surface area contributed by atoms with E-state index in [2.05, 4.69) is 36.0 Å². The van der Waals surface area contributed by atoms with Crippen LogP contribution in [0.5, 0.6) is 0 Å². The number of aromatic nitrogens is 1.